The summed E-state index contributed by atoms with van der Waals surface area (Å²) in [4.78, 5) is 125. The summed E-state index contributed by atoms with van der Waals surface area (Å²) in [6.07, 6.45) is -1.66. The van der Waals surface area contributed by atoms with Crippen LogP contribution in [-0.4, -0.2) is 158 Å². The van der Waals surface area contributed by atoms with Gasteiger partial charge in [-0.15, -0.1) is 0 Å². The van der Waals surface area contributed by atoms with E-state index < -0.39 is 109 Å². The Labute approximate surface area is 394 Å². The average Bonchev–Trinajstić information content (AvgIpc) is 3.19. The van der Waals surface area contributed by atoms with Crippen molar-refractivity contribution in [3.8, 4) is 0 Å². The third-order valence-electron chi connectivity index (χ3n) is 8.20. The molecule has 0 aromatic carbocycles. The molecule has 0 unspecified atom stereocenters. The number of ether oxygens (including phenoxy) is 1. The molecular weight excluding hydrogens is 937 g/mol. The fraction of sp³-hybridized carbons (Fsp3) is 0.737. The van der Waals surface area contributed by atoms with Crippen molar-refractivity contribution in [2.24, 2.45) is 5.92 Å². The van der Waals surface area contributed by atoms with Crippen LogP contribution in [0.25, 0.3) is 0 Å². The summed E-state index contributed by atoms with van der Waals surface area (Å²) in [5.74, 6) is -8.60. The molecule has 12 N–H and O–H groups in total. The van der Waals surface area contributed by atoms with Gasteiger partial charge >= 0.3 is 30.0 Å². The van der Waals surface area contributed by atoms with E-state index >= 15 is 0 Å². The molecule has 0 aliphatic heterocycles. The van der Waals surface area contributed by atoms with Crippen LogP contribution in [0.1, 0.15) is 92.9 Å². The number of amides is 6. The van der Waals surface area contributed by atoms with Crippen molar-refractivity contribution in [2.45, 2.75) is 135 Å². The average molecular weight is 1000 g/mol. The van der Waals surface area contributed by atoms with E-state index in [2.05, 4.69) is 56.6 Å². The van der Waals surface area contributed by atoms with Gasteiger partial charge in [0.1, 0.15) is 30.8 Å². The number of hydrogen-bond donors (Lipinski definition) is 12. The number of carbonyl (C=O) groups excluding carboxylic acids is 6. The minimum absolute atomic E-state index is 0.0625. The normalized spacial score (nSPS) is 13.4. The minimum Gasteiger partial charge on any atom is -0.481 e. The monoisotopic (exact) mass is 1000 g/mol. The highest BCUT2D eigenvalue weighted by molar-refractivity contribution is 8.77. The van der Waals surface area contributed by atoms with Gasteiger partial charge in [0, 0.05) is 48.1 Å². The number of carboxylic acid groups (broad SMARTS) is 4. The number of rotatable bonds is 37. The zero-order chi connectivity index (χ0) is 49.5. The zero-order valence-corrected chi connectivity index (χ0v) is 40.7. The number of carboxylic acids is 4. The largest absolute Gasteiger partial charge is 0.481 e. The summed E-state index contributed by atoms with van der Waals surface area (Å²) in [5.41, 5.74) is 5.00. The second-order valence-corrected chi connectivity index (χ2v) is 20.7. The van der Waals surface area contributed by atoms with Crippen molar-refractivity contribution < 1.29 is 73.1 Å². The zero-order valence-electron chi connectivity index (χ0n) is 37.4. The van der Waals surface area contributed by atoms with Crippen LogP contribution in [0.5, 0.6) is 0 Å². The van der Waals surface area contributed by atoms with Crippen LogP contribution >= 0.6 is 43.2 Å². The van der Waals surface area contributed by atoms with Gasteiger partial charge in [0.15, 0.2) is 0 Å². The Hall–Kier alpha value is -4.18. The van der Waals surface area contributed by atoms with Crippen LogP contribution in [0.15, 0.2) is 0 Å². The van der Waals surface area contributed by atoms with Gasteiger partial charge < -0.3 is 57.1 Å². The van der Waals surface area contributed by atoms with E-state index in [1.807, 2.05) is 0 Å². The van der Waals surface area contributed by atoms with Gasteiger partial charge in [-0.25, -0.2) is 15.0 Å². The Bertz CT molecular complexity index is 1560. The summed E-state index contributed by atoms with van der Waals surface area (Å²) in [6.45, 7) is 11.3. The molecule has 23 nitrogen and oxygen atoms in total. The van der Waals surface area contributed by atoms with Crippen LogP contribution in [0.2, 0.25) is 0 Å². The summed E-state index contributed by atoms with van der Waals surface area (Å²) >= 11 is 0. The van der Waals surface area contributed by atoms with Gasteiger partial charge in [-0.05, 0) is 45.4 Å². The predicted octanol–water partition coefficient (Wildman–Crippen LogP) is 0.926. The highest BCUT2D eigenvalue weighted by Crippen LogP contribution is 2.24. The third-order valence-corrected chi connectivity index (χ3v) is 13.0. The SMILES string of the molecule is CC(C)CCSSCCC(=O)NCCCC[C@H](NC(=O)[C@H](CSSCCOC(=O)NNC(C)C)NC(=O)[C@H](CC(=O)O)NC(=O)[C@H](CC(=O)O)NC(=O)[C@H](CC(=O)O)NC(C)C)C(=O)O. The number of hydrogen-bond acceptors (Lipinski definition) is 17. The van der Waals surface area contributed by atoms with Crippen LogP contribution in [-0.2, 0) is 47.9 Å². The molecule has 0 fully saturated rings. The Kier molecular flexibility index (Phi) is 32.8. The first-order valence-corrected chi connectivity index (χ1v) is 25.8. The molecule has 0 spiro atoms. The van der Waals surface area contributed by atoms with Crippen molar-refractivity contribution in [1.82, 2.24) is 42.8 Å². The van der Waals surface area contributed by atoms with Crippen molar-refractivity contribution in [3.63, 3.8) is 0 Å². The van der Waals surface area contributed by atoms with Crippen molar-refractivity contribution >= 4 is 103 Å². The molecule has 0 aliphatic rings. The summed E-state index contributed by atoms with van der Waals surface area (Å²) in [7, 11) is 5.44. The van der Waals surface area contributed by atoms with Crippen molar-refractivity contribution in [3.05, 3.63) is 0 Å². The van der Waals surface area contributed by atoms with Gasteiger partial charge in [0.2, 0.25) is 29.5 Å². The van der Waals surface area contributed by atoms with E-state index in [9.17, 15) is 68.4 Å². The molecule has 0 saturated carbocycles. The molecule has 65 heavy (non-hydrogen) atoms. The maximum absolute atomic E-state index is 13.6. The quantitative estimate of drug-likeness (QED) is 0.0234. The number of nitrogens with one attached hydrogen (secondary N) is 8. The topological polar surface area (TPSA) is 357 Å². The van der Waals surface area contributed by atoms with Crippen LogP contribution in [0.4, 0.5) is 4.79 Å². The minimum atomic E-state index is -1.97. The number of aliphatic carboxylic acids is 4. The van der Waals surface area contributed by atoms with E-state index in [1.54, 1.807) is 49.3 Å². The Morgan fingerprint density at radius 1 is 0.538 bits per heavy atom. The van der Waals surface area contributed by atoms with E-state index in [-0.39, 0.29) is 49.4 Å². The van der Waals surface area contributed by atoms with Gasteiger partial charge in [-0.3, -0.25) is 43.8 Å². The first kappa shape index (κ1) is 60.8. The van der Waals surface area contributed by atoms with Crippen LogP contribution in [0, 0.1) is 5.92 Å². The lowest BCUT2D eigenvalue weighted by Crippen LogP contribution is -2.60. The number of unbranched alkanes of at least 4 members (excludes halogenated alkanes) is 1. The molecule has 372 valence electrons. The molecule has 0 heterocycles. The molecule has 27 heteroatoms. The van der Waals surface area contributed by atoms with E-state index in [1.165, 1.54) is 0 Å². The standard InChI is InChI=1S/C38H66N8O15S4/c1-21(2)10-14-62-63-15-11-29(47)39-12-8-7-9-24(37(58)59)41-36(57)28(20-65-64-16-13-61-38(60)46-45-23(5)6)44-35(56)27(19-32(52)53)43-34(55)26(18-31(50)51)42-33(54)25(17-30(48)49)40-22(3)4/h21-28,40,45H,7-20H2,1-6H3,(H,39,47)(H,41,57)(H,42,54)(H,43,55)(H,44,56)(H,46,60)(H,48,49)(H,50,51)(H,52,53)(H,58,59)/t24-,25-,26-,27-,28-/m0/s1. The highest BCUT2D eigenvalue weighted by atomic mass is 33.1. The number of hydrazine groups is 1. The molecular formula is C38H66N8O15S4. The lowest BCUT2D eigenvalue weighted by molar-refractivity contribution is -0.144. The maximum atomic E-state index is 13.6. The molecule has 0 saturated heterocycles. The molecule has 0 bridgehead atoms. The van der Waals surface area contributed by atoms with E-state index in [0.717, 1.165) is 33.8 Å². The molecule has 0 aromatic heterocycles. The first-order chi connectivity index (χ1) is 30.5. The van der Waals surface area contributed by atoms with Crippen molar-refractivity contribution in [1.29, 1.82) is 0 Å². The van der Waals surface area contributed by atoms with Crippen LogP contribution in [0.3, 0.4) is 0 Å². The Morgan fingerprint density at radius 3 is 1.55 bits per heavy atom. The molecule has 0 aliphatic carbocycles. The predicted molar refractivity (Wildman–Crippen MR) is 248 cm³/mol. The molecule has 6 amide bonds. The fourth-order valence-electron chi connectivity index (χ4n) is 5.01. The van der Waals surface area contributed by atoms with E-state index in [0.29, 0.717) is 24.5 Å². The second-order valence-electron chi connectivity index (χ2n) is 15.3. The first-order valence-electron chi connectivity index (χ1n) is 20.8. The lowest BCUT2D eigenvalue weighted by atomic mass is 10.1. The summed E-state index contributed by atoms with van der Waals surface area (Å²) < 4.78 is 5.04. The lowest BCUT2D eigenvalue weighted by Gasteiger charge is -2.26. The third kappa shape index (κ3) is 32.2. The van der Waals surface area contributed by atoms with Gasteiger partial charge in [0.25, 0.3) is 0 Å². The molecule has 5 atom stereocenters. The summed E-state index contributed by atoms with van der Waals surface area (Å²) in [5, 5.41) is 52.7. The smallest absolute Gasteiger partial charge is 0.421 e. The fourth-order valence-corrected chi connectivity index (χ4v) is 9.32. The molecule has 0 aromatic rings. The van der Waals surface area contributed by atoms with Crippen LogP contribution < -0.4 is 42.8 Å². The molecule has 0 radical (unpaired) electrons. The van der Waals surface area contributed by atoms with Gasteiger partial charge in [-0.1, -0.05) is 70.9 Å². The Morgan fingerprint density at radius 2 is 1.03 bits per heavy atom. The van der Waals surface area contributed by atoms with Crippen molar-refractivity contribution in [2.75, 3.05) is 36.2 Å². The number of carbonyl (C=O) groups is 10. The summed E-state index contributed by atoms with van der Waals surface area (Å²) in [6, 6.07) is -8.78. The second kappa shape index (κ2) is 35.1. The highest BCUT2D eigenvalue weighted by Gasteiger charge is 2.34. The van der Waals surface area contributed by atoms with Gasteiger partial charge in [0.05, 0.1) is 25.3 Å². The van der Waals surface area contributed by atoms with E-state index in [4.69, 9.17) is 4.74 Å². The maximum Gasteiger partial charge on any atom is 0.421 e. The molecule has 0 rings (SSSR count). The Balaban J connectivity index is 5.96. The van der Waals surface area contributed by atoms with Gasteiger partial charge in [-0.2, -0.15) is 0 Å².